The number of benzene rings is 2. The van der Waals surface area contributed by atoms with Crippen molar-refractivity contribution in [2.45, 2.75) is 37.8 Å². The van der Waals surface area contributed by atoms with Crippen LogP contribution in [0.15, 0.2) is 52.1 Å². The van der Waals surface area contributed by atoms with E-state index < -0.39 is 54.9 Å². The van der Waals surface area contributed by atoms with E-state index in [-0.39, 0.29) is 40.4 Å². The van der Waals surface area contributed by atoms with Gasteiger partial charge in [0.2, 0.25) is 5.88 Å². The summed E-state index contributed by atoms with van der Waals surface area (Å²) in [5, 5.41) is 10.3. The zero-order valence-corrected chi connectivity index (χ0v) is 20.6. The average Bonchev–Trinajstić information content (AvgIpc) is 2.73. The van der Waals surface area contributed by atoms with Gasteiger partial charge in [-0.2, -0.15) is 0 Å². The number of hydrogen-bond donors (Lipinski definition) is 1. The Balaban J connectivity index is 1.87. The minimum absolute atomic E-state index is 0.0355. The summed E-state index contributed by atoms with van der Waals surface area (Å²) in [7, 11) is 0. The first-order valence-electron chi connectivity index (χ1n) is 9.85. The van der Waals surface area contributed by atoms with Crippen molar-refractivity contribution in [3.8, 4) is 5.88 Å². The van der Waals surface area contributed by atoms with E-state index in [1.807, 2.05) is 0 Å². The van der Waals surface area contributed by atoms with Crippen molar-refractivity contribution in [2.75, 3.05) is 0 Å². The topological polar surface area (TPSA) is 64.2 Å². The molecule has 0 atom stereocenters. The lowest BCUT2D eigenvalue weighted by atomic mass is 10.1. The second-order valence-corrected chi connectivity index (χ2v) is 9.49. The predicted octanol–water partition coefficient (Wildman–Crippen LogP) is 6.09. The highest BCUT2D eigenvalue weighted by Gasteiger charge is 2.35. The largest absolute Gasteiger partial charge is 0.494 e. The summed E-state index contributed by atoms with van der Waals surface area (Å²) in [6.45, 7) is -2.79. The second kappa shape index (κ2) is 10.4. The third-order valence-corrected chi connectivity index (χ3v) is 6.41. The standard InChI is InChI=1S/C22H16Cl4F4N2O3/c23-14-3-1-12(5-16(14)25)8-21(27,28)10-31-18(33)7-19(34)32(20(31)35)11-22(29,30)9-13-2-4-15(24)17(26)6-13/h1-7,33H,8-11H2. The van der Waals surface area contributed by atoms with E-state index in [1.54, 1.807) is 0 Å². The zero-order chi connectivity index (χ0) is 26.1. The molecule has 0 aliphatic carbocycles. The summed E-state index contributed by atoms with van der Waals surface area (Å²) in [4.78, 5) is 24.9. The van der Waals surface area contributed by atoms with Crippen molar-refractivity contribution in [3.05, 3.63) is 94.5 Å². The lowest BCUT2D eigenvalue weighted by Crippen LogP contribution is -2.46. The van der Waals surface area contributed by atoms with Crippen LogP contribution in [0.2, 0.25) is 20.1 Å². The zero-order valence-electron chi connectivity index (χ0n) is 17.6. The Hall–Kier alpha value is -2.20. The van der Waals surface area contributed by atoms with Crippen LogP contribution in [-0.2, 0) is 25.9 Å². The summed E-state index contributed by atoms with van der Waals surface area (Å²) < 4.78 is 59.1. The molecule has 1 N–H and O–H groups in total. The third-order valence-electron chi connectivity index (χ3n) is 4.93. The van der Waals surface area contributed by atoms with Gasteiger partial charge in [-0.1, -0.05) is 58.5 Å². The molecule has 0 saturated carbocycles. The van der Waals surface area contributed by atoms with Crippen molar-refractivity contribution in [1.29, 1.82) is 0 Å². The molecule has 3 rings (SSSR count). The van der Waals surface area contributed by atoms with Crippen molar-refractivity contribution in [1.82, 2.24) is 9.13 Å². The Labute approximate surface area is 216 Å². The van der Waals surface area contributed by atoms with Crippen LogP contribution in [0.1, 0.15) is 11.1 Å². The highest BCUT2D eigenvalue weighted by atomic mass is 35.5. The first kappa shape index (κ1) is 27.4. The van der Waals surface area contributed by atoms with Gasteiger partial charge in [-0.25, -0.2) is 22.4 Å². The fourth-order valence-electron chi connectivity index (χ4n) is 3.37. The molecule has 13 heteroatoms. The normalized spacial score (nSPS) is 12.2. The molecular formula is C22H16Cl4F4N2O3. The summed E-state index contributed by atoms with van der Waals surface area (Å²) in [6, 6.07) is 8.06. The number of hydrogen-bond acceptors (Lipinski definition) is 3. The maximum absolute atomic E-state index is 14.7. The van der Waals surface area contributed by atoms with Gasteiger partial charge < -0.3 is 5.11 Å². The molecule has 0 aliphatic heterocycles. The molecule has 3 aromatic rings. The average molecular weight is 574 g/mol. The van der Waals surface area contributed by atoms with Gasteiger partial charge in [0.25, 0.3) is 17.4 Å². The van der Waals surface area contributed by atoms with E-state index in [2.05, 4.69) is 0 Å². The quantitative estimate of drug-likeness (QED) is 0.332. The van der Waals surface area contributed by atoms with Gasteiger partial charge in [-0.15, -0.1) is 0 Å². The Bertz CT molecular complexity index is 1380. The molecule has 2 aromatic carbocycles. The first-order valence-corrected chi connectivity index (χ1v) is 11.4. The molecule has 0 aliphatic rings. The highest BCUT2D eigenvalue weighted by Crippen LogP contribution is 2.29. The van der Waals surface area contributed by atoms with Crippen LogP contribution in [0.4, 0.5) is 17.6 Å². The van der Waals surface area contributed by atoms with Gasteiger partial charge in [0.05, 0.1) is 39.2 Å². The fourth-order valence-corrected chi connectivity index (χ4v) is 4.01. The molecule has 0 saturated heterocycles. The predicted molar refractivity (Wildman–Crippen MR) is 127 cm³/mol. The molecule has 0 unspecified atom stereocenters. The first-order chi connectivity index (χ1) is 16.2. The fraction of sp³-hybridized carbons (Fsp3) is 0.273. The van der Waals surface area contributed by atoms with Crippen molar-refractivity contribution < 1.29 is 22.7 Å². The maximum atomic E-state index is 14.7. The van der Waals surface area contributed by atoms with E-state index in [0.717, 1.165) is 0 Å². The van der Waals surface area contributed by atoms with Gasteiger partial charge in [0, 0.05) is 12.8 Å². The van der Waals surface area contributed by atoms with Gasteiger partial charge >= 0.3 is 5.69 Å². The van der Waals surface area contributed by atoms with Gasteiger partial charge in [-0.05, 0) is 35.4 Å². The number of rotatable bonds is 8. The van der Waals surface area contributed by atoms with Crippen molar-refractivity contribution in [2.24, 2.45) is 0 Å². The minimum atomic E-state index is -3.64. The molecule has 0 spiro atoms. The summed E-state index contributed by atoms with van der Waals surface area (Å²) in [6.07, 6.45) is -1.81. The van der Waals surface area contributed by atoms with Crippen molar-refractivity contribution in [3.63, 3.8) is 0 Å². The van der Waals surface area contributed by atoms with Crippen LogP contribution < -0.4 is 11.2 Å². The highest BCUT2D eigenvalue weighted by molar-refractivity contribution is 6.42. The van der Waals surface area contributed by atoms with Crippen LogP contribution in [-0.4, -0.2) is 26.1 Å². The SMILES string of the molecule is O=c1cc(O)n(CC(F)(F)Cc2ccc(Cl)c(Cl)c2)c(=O)n1CC(F)(F)Cc1ccc(Cl)c(Cl)c1. The number of nitrogens with zero attached hydrogens (tertiary/aromatic N) is 2. The van der Waals surface area contributed by atoms with Gasteiger partial charge in [0.1, 0.15) is 0 Å². The Morgan fingerprint density at radius 3 is 1.54 bits per heavy atom. The second-order valence-electron chi connectivity index (χ2n) is 7.86. The summed E-state index contributed by atoms with van der Waals surface area (Å²) in [5.41, 5.74) is -2.63. The van der Waals surface area contributed by atoms with Crippen molar-refractivity contribution >= 4 is 46.4 Å². The van der Waals surface area contributed by atoms with Crippen LogP contribution in [0.25, 0.3) is 0 Å². The third kappa shape index (κ3) is 6.94. The molecule has 0 radical (unpaired) electrons. The van der Waals surface area contributed by atoms with E-state index in [4.69, 9.17) is 46.4 Å². The maximum Gasteiger partial charge on any atom is 0.334 e. The lowest BCUT2D eigenvalue weighted by Gasteiger charge is -2.21. The van der Waals surface area contributed by atoms with Crippen LogP contribution in [0, 0.1) is 0 Å². The molecule has 1 aromatic heterocycles. The molecule has 188 valence electrons. The smallest absolute Gasteiger partial charge is 0.334 e. The molecule has 1 heterocycles. The van der Waals surface area contributed by atoms with E-state index in [1.165, 1.54) is 36.4 Å². The molecule has 35 heavy (non-hydrogen) atoms. The number of aromatic hydroxyl groups is 1. The number of halogens is 8. The Morgan fingerprint density at radius 1 is 0.686 bits per heavy atom. The Kier molecular flexibility index (Phi) is 8.16. The number of alkyl halides is 4. The van der Waals surface area contributed by atoms with Gasteiger partial charge in [-0.3, -0.25) is 13.9 Å². The van der Waals surface area contributed by atoms with Crippen LogP contribution in [0.5, 0.6) is 5.88 Å². The minimum Gasteiger partial charge on any atom is -0.494 e. The Morgan fingerprint density at radius 2 is 1.11 bits per heavy atom. The van der Waals surface area contributed by atoms with Crippen LogP contribution in [0.3, 0.4) is 0 Å². The van der Waals surface area contributed by atoms with Crippen LogP contribution >= 0.6 is 46.4 Å². The molecule has 5 nitrogen and oxygen atoms in total. The molecule has 0 fully saturated rings. The van der Waals surface area contributed by atoms with Gasteiger partial charge in [0.15, 0.2) is 0 Å². The van der Waals surface area contributed by atoms with E-state index >= 15 is 0 Å². The molecule has 0 amide bonds. The molecule has 0 bridgehead atoms. The summed E-state index contributed by atoms with van der Waals surface area (Å²) >= 11 is 23.2. The molecular weight excluding hydrogens is 558 g/mol. The van der Waals surface area contributed by atoms with E-state index in [0.29, 0.717) is 6.07 Å². The number of aromatic nitrogens is 2. The summed E-state index contributed by atoms with van der Waals surface area (Å²) in [5.74, 6) is -8.35. The monoisotopic (exact) mass is 572 g/mol. The lowest BCUT2D eigenvalue weighted by molar-refractivity contribution is -0.0247. The van der Waals surface area contributed by atoms with E-state index in [9.17, 15) is 32.3 Å².